The van der Waals surface area contributed by atoms with Crippen molar-refractivity contribution < 1.29 is 67.7 Å². The maximum atomic E-state index is 15.1. The molecule has 0 bridgehead atoms. The quantitative estimate of drug-likeness (QED) is 0.0215. The smallest absolute Gasteiger partial charge is 0.325 e. The number of pyridine rings is 1. The van der Waals surface area contributed by atoms with Crippen molar-refractivity contribution >= 4 is 99.0 Å². The van der Waals surface area contributed by atoms with Crippen molar-refractivity contribution in [3.63, 3.8) is 0 Å². The second kappa shape index (κ2) is 45.5. The zero-order valence-corrected chi connectivity index (χ0v) is 64.5. The van der Waals surface area contributed by atoms with E-state index in [0.717, 1.165) is 16.3 Å². The summed E-state index contributed by atoms with van der Waals surface area (Å²) >= 11 is 6.25. The summed E-state index contributed by atoms with van der Waals surface area (Å²) in [5.41, 5.74) is 9.06. The number of rotatable bonds is 45. The van der Waals surface area contributed by atoms with Crippen molar-refractivity contribution in [2.75, 3.05) is 44.2 Å². The number of amides is 11. The molecule has 1 aliphatic heterocycles. The Balaban J connectivity index is 1.11. The number of aliphatic carboxylic acids is 1. The van der Waals surface area contributed by atoms with Crippen LogP contribution < -0.4 is 63.8 Å². The largest absolute Gasteiger partial charge is 0.480 e. The third kappa shape index (κ3) is 28.9. The number of unbranched alkanes of at least 4 members (excludes halogenated alkanes) is 3. The van der Waals surface area contributed by atoms with Crippen LogP contribution in [0.5, 0.6) is 0 Å². The van der Waals surface area contributed by atoms with Crippen molar-refractivity contribution in [3.8, 4) is 0 Å². The van der Waals surface area contributed by atoms with E-state index in [1.165, 1.54) is 29.1 Å². The Bertz CT molecular complexity index is 4070. The number of anilines is 1. The Morgan fingerprint density at radius 2 is 1.09 bits per heavy atom. The predicted octanol–water partition coefficient (Wildman–Crippen LogP) is 5.32. The summed E-state index contributed by atoms with van der Waals surface area (Å²) in [5.74, 6) is -8.98. The lowest BCUT2D eigenvalue weighted by Gasteiger charge is -2.31. The van der Waals surface area contributed by atoms with Gasteiger partial charge in [0.2, 0.25) is 53.2 Å². The molecule has 0 unspecified atom stereocenters. The molecule has 28 nitrogen and oxygen atoms in total. The van der Waals surface area contributed by atoms with E-state index in [-0.39, 0.29) is 120 Å². The summed E-state index contributed by atoms with van der Waals surface area (Å²) in [6, 6.07) is 28.8. The van der Waals surface area contributed by atoms with Gasteiger partial charge in [-0.05, 0) is 173 Å². The molecule has 0 saturated carbocycles. The summed E-state index contributed by atoms with van der Waals surface area (Å²) in [6.45, 7) is 8.67. The Morgan fingerprint density at radius 3 is 1.66 bits per heavy atom. The molecule has 0 radical (unpaired) electrons. The number of nitrogens with one attached hydrogen (secondary N) is 10. The fraction of sp³-hybridized carbons (Fsp3) is 0.451. The third-order valence-corrected chi connectivity index (χ3v) is 19.2. The lowest BCUT2D eigenvalue weighted by atomic mass is 10.00. The second-order valence-electron chi connectivity index (χ2n) is 28.6. The average Bonchev–Trinajstić information content (AvgIpc) is 1.81. The zero-order chi connectivity index (χ0) is 80.4. The van der Waals surface area contributed by atoms with Gasteiger partial charge in [-0.2, -0.15) is 0 Å². The highest BCUT2D eigenvalue weighted by Gasteiger charge is 2.40. The number of halogens is 1. The highest BCUT2D eigenvalue weighted by Crippen LogP contribution is 2.23. The third-order valence-electron chi connectivity index (χ3n) is 18.9. The van der Waals surface area contributed by atoms with Gasteiger partial charge in [0.05, 0.1) is 24.5 Å². The summed E-state index contributed by atoms with van der Waals surface area (Å²) < 4.78 is 0. The van der Waals surface area contributed by atoms with Gasteiger partial charge in [-0.15, -0.1) is 0 Å². The molecule has 14 N–H and O–H groups in total. The molecule has 0 spiro atoms. The molecule has 111 heavy (non-hydrogen) atoms. The van der Waals surface area contributed by atoms with Crippen LogP contribution in [0.2, 0.25) is 5.02 Å². The van der Waals surface area contributed by atoms with Crippen LogP contribution in [0, 0.1) is 5.92 Å². The molecule has 0 aliphatic carbocycles. The number of aromatic nitrogens is 1. The first-order valence-corrected chi connectivity index (χ1v) is 38.5. The number of aliphatic hydroxyl groups excluding tert-OH is 1. The highest BCUT2D eigenvalue weighted by atomic mass is 35.5. The number of fused-ring (bicyclic) bond motifs is 1. The maximum absolute atomic E-state index is 15.1. The van der Waals surface area contributed by atoms with E-state index in [1.54, 1.807) is 97.1 Å². The first-order chi connectivity index (χ1) is 53.3. The second-order valence-corrected chi connectivity index (χ2v) is 29.0. The molecule has 11 amide bonds. The van der Waals surface area contributed by atoms with Crippen LogP contribution in [0.25, 0.3) is 10.8 Å². The van der Waals surface area contributed by atoms with Crippen LogP contribution in [0.15, 0.2) is 152 Å². The number of carboxylic acid groups (broad SMARTS) is 1. The van der Waals surface area contributed by atoms with Crippen LogP contribution >= 0.6 is 11.6 Å². The Hall–Kier alpha value is -10.7. The molecular formula is C82H107ClN14O14. The van der Waals surface area contributed by atoms with Gasteiger partial charge in [-0.1, -0.05) is 130 Å². The van der Waals surface area contributed by atoms with Crippen LogP contribution in [0.4, 0.5) is 5.69 Å². The van der Waals surface area contributed by atoms with Crippen molar-refractivity contribution in [1.82, 2.24) is 63.1 Å². The number of likely N-dealkylation sites (tertiary alicyclic amines) is 1. The summed E-state index contributed by atoms with van der Waals surface area (Å²) in [4.78, 5) is 176. The van der Waals surface area contributed by atoms with E-state index in [0.29, 0.717) is 53.9 Å². The van der Waals surface area contributed by atoms with E-state index < -0.39 is 127 Å². The molecule has 5 aromatic carbocycles. The monoisotopic (exact) mass is 1550 g/mol. The highest BCUT2D eigenvalue weighted by molar-refractivity contribution is 6.30. The van der Waals surface area contributed by atoms with E-state index >= 15 is 14.4 Å². The lowest BCUT2D eigenvalue weighted by molar-refractivity contribution is -0.144. The van der Waals surface area contributed by atoms with Crippen molar-refractivity contribution in [3.05, 3.63) is 179 Å². The average molecular weight is 1550 g/mol. The van der Waals surface area contributed by atoms with Gasteiger partial charge < -0.3 is 78.9 Å². The minimum absolute atomic E-state index is 0.0287. The van der Waals surface area contributed by atoms with Gasteiger partial charge in [0.25, 0.3) is 11.8 Å². The minimum atomic E-state index is -1.71. The molecule has 1 aromatic heterocycles. The number of nitrogens with two attached hydrogens (primary N) is 1. The van der Waals surface area contributed by atoms with Crippen molar-refractivity contribution in [2.24, 2.45) is 11.7 Å². The van der Waals surface area contributed by atoms with Gasteiger partial charge in [-0.25, -0.2) is 0 Å². The molecule has 29 heteroatoms. The van der Waals surface area contributed by atoms with Crippen molar-refractivity contribution in [1.29, 1.82) is 0 Å². The molecule has 6 aromatic rings. The van der Waals surface area contributed by atoms with Gasteiger partial charge in [-0.3, -0.25) is 62.5 Å². The van der Waals surface area contributed by atoms with Crippen LogP contribution in [-0.2, 0) is 60.8 Å². The Labute approximate surface area is 653 Å². The van der Waals surface area contributed by atoms with Gasteiger partial charge in [0.15, 0.2) is 0 Å². The number of aliphatic hydroxyl groups is 1. The summed E-state index contributed by atoms with van der Waals surface area (Å²) in [5, 5.41) is 50.9. The van der Waals surface area contributed by atoms with Gasteiger partial charge in [0.1, 0.15) is 48.3 Å². The molecular weight excluding hydrogens is 1440 g/mol. The summed E-state index contributed by atoms with van der Waals surface area (Å²) in [6.07, 6.45) is 5.25. The van der Waals surface area contributed by atoms with Crippen LogP contribution in [0.3, 0.4) is 0 Å². The first-order valence-electron chi connectivity index (χ1n) is 38.1. The van der Waals surface area contributed by atoms with Crippen LogP contribution in [0.1, 0.15) is 150 Å². The molecule has 2 heterocycles. The van der Waals surface area contributed by atoms with E-state index in [1.807, 2.05) is 70.2 Å². The number of carboxylic acids is 1. The van der Waals surface area contributed by atoms with Gasteiger partial charge in [0, 0.05) is 67.4 Å². The number of hydrogen-bond acceptors (Lipinski definition) is 16. The topological polar surface area (TPSA) is 411 Å². The standard InChI is InChI=1S/C82H107ClN14O14/c1-52(2)46-67(77(105)93-66(31-16-17-41-86-53(3)4)80(108)97-44-21-32-70(97)79(107)89-54(5)82(110)111)94-76(104)65(30-15-19-43-88-73(101)59-25-10-7-11-26-59)91-75(103)64(29-14-18-42-87-72(100)58-23-8-6-9-24-58)92-78(106)69(51-98)90-71(99)39-45-96(62-28-20-40-85-50-62)81(109)68(49-55-34-37-61(83)38-35-55)95-74(102)63(84)48-56-33-36-57-22-12-13-27-60(57)47-56/h6-13,20,22-28,33-38,40,47,50,52-54,63-70,86,98H,14-19,21,29-32,39,41-46,48-49,51,84H2,1-5H3,(H,87,100)(H,88,101)(H,89,107)(H,90,99)(H,91,103)(H,92,106)(H,93,105)(H,94,104)(H,95,102)(H,110,111)/t54-,63-,64+,65-,66+,67+,68-,69+,70+/m1/s1. The first kappa shape index (κ1) is 87.5. The van der Waals surface area contributed by atoms with E-state index in [9.17, 15) is 53.4 Å². The lowest BCUT2D eigenvalue weighted by Crippen LogP contribution is -2.60. The molecule has 1 aliphatic rings. The number of carbonyl (C=O) groups excluding carboxylic acids is 11. The fourth-order valence-corrected chi connectivity index (χ4v) is 13.0. The van der Waals surface area contributed by atoms with E-state index in [4.69, 9.17) is 17.3 Å². The number of hydrogen-bond donors (Lipinski definition) is 13. The summed E-state index contributed by atoms with van der Waals surface area (Å²) in [7, 11) is 0. The normalized spacial score (nSPS) is 14.8. The number of carbonyl (C=O) groups is 12. The molecule has 1 fully saturated rings. The number of nitrogens with zero attached hydrogens (tertiary/aromatic N) is 3. The SMILES string of the molecule is CC(C)C[C@H](NC(=O)[C@@H](CCCCNC(=O)c1ccccc1)NC(=O)[C@H](CCCCNC(=O)c1ccccc1)NC(=O)[C@H](CO)NC(=O)CCN(C(=O)[C@@H](Cc1ccc(Cl)cc1)NC(=O)[C@H](N)Cc1ccc2ccccc2c1)c1cccnc1)C(=O)N[C@@H](CCCCNC(C)C)C(=O)N1CCC[C@H]1C(=O)N[C@H](C)C(=O)O. The predicted molar refractivity (Wildman–Crippen MR) is 422 cm³/mol. The molecule has 596 valence electrons. The maximum Gasteiger partial charge on any atom is 0.325 e. The number of benzene rings is 5. The van der Waals surface area contributed by atoms with Crippen LogP contribution in [-0.4, -0.2) is 191 Å². The molecule has 9 atom stereocenters. The fourth-order valence-electron chi connectivity index (χ4n) is 12.8. The van der Waals surface area contributed by atoms with Gasteiger partial charge >= 0.3 is 5.97 Å². The molecule has 7 rings (SSSR count). The Morgan fingerprint density at radius 1 is 0.559 bits per heavy atom. The zero-order valence-electron chi connectivity index (χ0n) is 63.7. The minimum Gasteiger partial charge on any atom is -0.480 e. The Kier molecular flexibility index (Phi) is 35.9. The van der Waals surface area contributed by atoms with Crippen molar-refractivity contribution in [2.45, 2.75) is 191 Å². The molecule has 1 saturated heterocycles. The van der Waals surface area contributed by atoms with E-state index in [2.05, 4.69) is 58.2 Å².